The van der Waals surface area contributed by atoms with E-state index in [1.54, 1.807) is 31.2 Å². The zero-order valence-electron chi connectivity index (χ0n) is 8.57. The van der Waals surface area contributed by atoms with Crippen molar-refractivity contribution in [1.82, 2.24) is 0 Å². The number of carbonyl (C=O) groups is 1. The Morgan fingerprint density at radius 3 is 2.80 bits per heavy atom. The maximum absolute atomic E-state index is 14.2. The Morgan fingerprint density at radius 2 is 2.20 bits per heavy atom. The van der Waals surface area contributed by atoms with Gasteiger partial charge >= 0.3 is 5.97 Å². The highest BCUT2D eigenvalue weighted by Crippen LogP contribution is 2.56. The van der Waals surface area contributed by atoms with E-state index < -0.39 is 17.6 Å². The third-order valence-electron chi connectivity index (χ3n) is 2.72. The molecule has 1 aromatic carbocycles. The highest BCUT2D eigenvalue weighted by atomic mass is 19.1. The lowest BCUT2D eigenvalue weighted by Gasteiger charge is -2.07. The van der Waals surface area contributed by atoms with Gasteiger partial charge in [0.05, 0.1) is 12.5 Å². The lowest BCUT2D eigenvalue weighted by Crippen LogP contribution is -2.13. The number of benzene rings is 1. The zero-order chi connectivity index (χ0) is 10.9. The summed E-state index contributed by atoms with van der Waals surface area (Å²) < 4.78 is 19.0. The van der Waals surface area contributed by atoms with Gasteiger partial charge in [-0.2, -0.15) is 0 Å². The van der Waals surface area contributed by atoms with Crippen LogP contribution >= 0.6 is 0 Å². The fourth-order valence-corrected chi connectivity index (χ4v) is 1.79. The molecule has 0 bridgehead atoms. The van der Waals surface area contributed by atoms with E-state index in [1.165, 1.54) is 0 Å². The van der Waals surface area contributed by atoms with Gasteiger partial charge in [0.15, 0.2) is 0 Å². The maximum atomic E-state index is 14.2. The number of hydrogen-bond donors (Lipinski definition) is 0. The number of esters is 1. The Bertz CT molecular complexity index is 363. The zero-order valence-corrected chi connectivity index (χ0v) is 8.57. The fourth-order valence-electron chi connectivity index (χ4n) is 1.79. The first-order valence-corrected chi connectivity index (χ1v) is 5.09. The molecule has 1 aliphatic rings. The van der Waals surface area contributed by atoms with Crippen molar-refractivity contribution in [1.29, 1.82) is 0 Å². The summed E-state index contributed by atoms with van der Waals surface area (Å²) in [6, 6.07) is 8.79. The summed E-state index contributed by atoms with van der Waals surface area (Å²) in [6.45, 7) is 2.03. The van der Waals surface area contributed by atoms with Gasteiger partial charge in [-0.1, -0.05) is 30.3 Å². The molecule has 1 aliphatic carbocycles. The lowest BCUT2D eigenvalue weighted by atomic mass is 10.1. The molecular weight excluding hydrogens is 195 g/mol. The number of rotatable bonds is 3. The summed E-state index contributed by atoms with van der Waals surface area (Å²) in [7, 11) is 0. The Balaban J connectivity index is 2.10. The molecule has 0 unspecified atom stereocenters. The minimum Gasteiger partial charge on any atom is -0.466 e. The molecule has 0 N–H and O–H groups in total. The van der Waals surface area contributed by atoms with Crippen LogP contribution in [0.4, 0.5) is 4.39 Å². The molecule has 2 rings (SSSR count). The van der Waals surface area contributed by atoms with Crippen LogP contribution in [0.25, 0.3) is 0 Å². The highest BCUT2D eigenvalue weighted by molar-refractivity contribution is 5.78. The molecule has 0 heterocycles. The summed E-state index contributed by atoms with van der Waals surface area (Å²) in [6.07, 6.45) is 0.246. The normalized spacial score (nSPS) is 28.5. The van der Waals surface area contributed by atoms with E-state index in [0.717, 1.165) is 0 Å². The fraction of sp³-hybridized carbons (Fsp3) is 0.417. The molecular formula is C12H13FO2. The van der Waals surface area contributed by atoms with Crippen LogP contribution in [0.15, 0.2) is 30.3 Å². The quantitative estimate of drug-likeness (QED) is 0.713. The van der Waals surface area contributed by atoms with Crippen molar-refractivity contribution in [2.45, 2.75) is 19.0 Å². The van der Waals surface area contributed by atoms with Gasteiger partial charge in [-0.3, -0.25) is 4.79 Å². The van der Waals surface area contributed by atoms with Crippen LogP contribution in [0.5, 0.6) is 0 Å². The predicted molar refractivity (Wildman–Crippen MR) is 54.0 cm³/mol. The molecule has 2 nitrogen and oxygen atoms in total. The molecule has 0 aromatic heterocycles. The van der Waals surface area contributed by atoms with E-state index in [1.807, 2.05) is 6.07 Å². The van der Waals surface area contributed by atoms with E-state index in [2.05, 4.69) is 0 Å². The van der Waals surface area contributed by atoms with Crippen molar-refractivity contribution in [2.24, 2.45) is 5.92 Å². The van der Waals surface area contributed by atoms with E-state index in [-0.39, 0.29) is 6.42 Å². The van der Waals surface area contributed by atoms with E-state index in [9.17, 15) is 9.18 Å². The monoisotopic (exact) mass is 208 g/mol. The van der Waals surface area contributed by atoms with Crippen molar-refractivity contribution in [3.8, 4) is 0 Å². The van der Waals surface area contributed by atoms with Crippen molar-refractivity contribution >= 4 is 5.97 Å². The molecule has 0 spiro atoms. The van der Waals surface area contributed by atoms with Gasteiger partial charge in [0.25, 0.3) is 0 Å². The number of ether oxygens (including phenoxy) is 1. The molecule has 0 saturated heterocycles. The molecule has 80 valence electrons. The van der Waals surface area contributed by atoms with Gasteiger partial charge in [0.1, 0.15) is 5.67 Å². The summed E-state index contributed by atoms with van der Waals surface area (Å²) in [5, 5.41) is 0. The molecule has 0 radical (unpaired) electrons. The summed E-state index contributed by atoms with van der Waals surface area (Å²) >= 11 is 0. The Hall–Kier alpha value is -1.38. The van der Waals surface area contributed by atoms with Crippen molar-refractivity contribution in [3.05, 3.63) is 35.9 Å². The van der Waals surface area contributed by atoms with Crippen LogP contribution in [0.1, 0.15) is 18.9 Å². The second-order valence-electron chi connectivity index (χ2n) is 3.74. The number of hydrogen-bond acceptors (Lipinski definition) is 2. The van der Waals surface area contributed by atoms with Gasteiger partial charge in [0, 0.05) is 6.42 Å². The second kappa shape index (κ2) is 3.65. The Kier molecular flexibility index (Phi) is 2.47. The van der Waals surface area contributed by atoms with E-state index in [0.29, 0.717) is 12.2 Å². The predicted octanol–water partition coefficient (Wildman–Crippen LogP) is 2.43. The maximum Gasteiger partial charge on any atom is 0.312 e. The standard InChI is InChI=1S/C12H13FO2/c1-2-15-11(14)10-8-12(10,13)9-6-4-3-5-7-9/h3-7,10H,2,8H2,1H3/t10-,12+/m0/s1. The summed E-state index contributed by atoms with van der Waals surface area (Å²) in [4.78, 5) is 11.3. The first kappa shape index (κ1) is 10.1. The molecule has 1 aromatic rings. The van der Waals surface area contributed by atoms with Crippen LogP contribution in [0, 0.1) is 5.92 Å². The average Bonchev–Trinajstić information content (AvgIpc) is 2.94. The number of alkyl halides is 1. The first-order chi connectivity index (χ1) is 7.18. The van der Waals surface area contributed by atoms with Gasteiger partial charge in [-0.25, -0.2) is 4.39 Å². The largest absolute Gasteiger partial charge is 0.466 e. The Labute approximate surface area is 88.1 Å². The Morgan fingerprint density at radius 1 is 1.53 bits per heavy atom. The van der Waals surface area contributed by atoms with Crippen LogP contribution in [0.2, 0.25) is 0 Å². The molecule has 1 fully saturated rings. The van der Waals surface area contributed by atoms with Crippen molar-refractivity contribution in [3.63, 3.8) is 0 Å². The molecule has 15 heavy (non-hydrogen) atoms. The third kappa shape index (κ3) is 1.74. The van der Waals surface area contributed by atoms with Crippen LogP contribution < -0.4 is 0 Å². The smallest absolute Gasteiger partial charge is 0.312 e. The molecule has 0 amide bonds. The third-order valence-corrected chi connectivity index (χ3v) is 2.72. The van der Waals surface area contributed by atoms with Crippen LogP contribution in [-0.2, 0) is 15.2 Å². The van der Waals surface area contributed by atoms with Gasteiger partial charge in [0.2, 0.25) is 0 Å². The minimum absolute atomic E-state index is 0.246. The van der Waals surface area contributed by atoms with Gasteiger partial charge in [-0.05, 0) is 12.5 Å². The molecule has 2 atom stereocenters. The van der Waals surface area contributed by atoms with Crippen molar-refractivity contribution < 1.29 is 13.9 Å². The summed E-state index contributed by atoms with van der Waals surface area (Å²) in [5.74, 6) is -1.04. The van der Waals surface area contributed by atoms with Gasteiger partial charge in [-0.15, -0.1) is 0 Å². The van der Waals surface area contributed by atoms with E-state index >= 15 is 0 Å². The van der Waals surface area contributed by atoms with Crippen molar-refractivity contribution in [2.75, 3.05) is 6.61 Å². The van der Waals surface area contributed by atoms with Crippen LogP contribution in [0.3, 0.4) is 0 Å². The topological polar surface area (TPSA) is 26.3 Å². The van der Waals surface area contributed by atoms with E-state index in [4.69, 9.17) is 4.74 Å². The highest BCUT2D eigenvalue weighted by Gasteiger charge is 2.61. The average molecular weight is 208 g/mol. The number of halogens is 1. The summed E-state index contributed by atoms with van der Waals surface area (Å²) in [5.41, 5.74) is -0.920. The lowest BCUT2D eigenvalue weighted by molar-refractivity contribution is -0.145. The second-order valence-corrected chi connectivity index (χ2v) is 3.74. The SMILES string of the molecule is CCOC(=O)[C@@H]1C[C@@]1(F)c1ccccc1. The molecule has 0 aliphatic heterocycles. The molecule has 3 heteroatoms. The number of carbonyl (C=O) groups excluding carboxylic acids is 1. The molecule has 1 saturated carbocycles. The van der Waals surface area contributed by atoms with Gasteiger partial charge < -0.3 is 4.74 Å². The van der Waals surface area contributed by atoms with Crippen LogP contribution in [-0.4, -0.2) is 12.6 Å². The minimum atomic E-state index is -1.49. The first-order valence-electron chi connectivity index (χ1n) is 5.09.